The van der Waals surface area contributed by atoms with Crippen molar-refractivity contribution in [3.05, 3.63) is 48.5 Å². The van der Waals surface area contributed by atoms with Crippen molar-refractivity contribution in [3.63, 3.8) is 0 Å². The third-order valence-electron chi connectivity index (χ3n) is 6.57. The van der Waals surface area contributed by atoms with Crippen molar-refractivity contribution >= 4 is 38.9 Å². The second kappa shape index (κ2) is 7.42. The summed E-state index contributed by atoms with van der Waals surface area (Å²) in [4.78, 5) is 17.4. The zero-order chi connectivity index (χ0) is 21.8. The fourth-order valence-electron chi connectivity index (χ4n) is 5.29. The van der Waals surface area contributed by atoms with Gasteiger partial charge < -0.3 is 14.9 Å². The minimum atomic E-state index is -3.17. The van der Waals surface area contributed by atoms with E-state index >= 15 is 0 Å². The molecule has 31 heavy (non-hydrogen) atoms. The maximum absolute atomic E-state index is 12.1. The Morgan fingerprint density at radius 2 is 1.48 bits per heavy atom. The smallest absolute Gasteiger partial charge is 0.411 e. The van der Waals surface area contributed by atoms with Crippen molar-refractivity contribution in [2.75, 3.05) is 47.1 Å². The number of rotatable bonds is 3. The van der Waals surface area contributed by atoms with Gasteiger partial charge in [0.05, 0.1) is 17.6 Å². The number of hydrogen-bond acceptors (Lipinski definition) is 5. The Morgan fingerprint density at radius 3 is 2.06 bits per heavy atom. The van der Waals surface area contributed by atoms with E-state index in [0.29, 0.717) is 31.9 Å². The molecule has 2 aromatic carbocycles. The van der Waals surface area contributed by atoms with E-state index in [1.807, 2.05) is 24.3 Å². The van der Waals surface area contributed by atoms with Gasteiger partial charge in [-0.1, -0.05) is 12.1 Å². The highest BCUT2D eigenvalue weighted by Crippen LogP contribution is 2.39. The van der Waals surface area contributed by atoms with Crippen LogP contribution in [0.3, 0.4) is 0 Å². The summed E-state index contributed by atoms with van der Waals surface area (Å²) in [5.41, 5.74) is 3.67. The van der Waals surface area contributed by atoms with Crippen molar-refractivity contribution in [1.82, 2.24) is 4.31 Å². The lowest BCUT2D eigenvalue weighted by molar-refractivity contribution is 0.201. The first-order chi connectivity index (χ1) is 14.8. The largest absolute Gasteiger partial charge is 0.465 e. The maximum Gasteiger partial charge on any atom is 0.411 e. The average Bonchev–Trinajstić information content (AvgIpc) is 3.04. The van der Waals surface area contributed by atoms with Crippen molar-refractivity contribution in [1.29, 1.82) is 0 Å². The number of fused-ring (bicyclic) bond motifs is 3. The summed E-state index contributed by atoms with van der Waals surface area (Å²) in [5.74, 6) is 0. The van der Waals surface area contributed by atoms with E-state index in [4.69, 9.17) is 0 Å². The number of amides is 1. The molecule has 3 aliphatic rings. The van der Waals surface area contributed by atoms with Crippen LogP contribution in [-0.2, 0) is 10.0 Å². The number of carbonyl (C=O) groups is 1. The van der Waals surface area contributed by atoms with E-state index in [1.54, 1.807) is 4.31 Å². The van der Waals surface area contributed by atoms with Crippen molar-refractivity contribution in [2.24, 2.45) is 0 Å². The van der Waals surface area contributed by atoms with Gasteiger partial charge in [0, 0.05) is 49.6 Å². The van der Waals surface area contributed by atoms with Gasteiger partial charge in [0.2, 0.25) is 10.0 Å². The van der Waals surface area contributed by atoms with Gasteiger partial charge in [0.25, 0.3) is 0 Å². The summed E-state index contributed by atoms with van der Waals surface area (Å²) >= 11 is 0. The molecule has 2 fully saturated rings. The summed E-state index contributed by atoms with van der Waals surface area (Å²) in [7, 11) is -3.17. The van der Waals surface area contributed by atoms with Crippen molar-refractivity contribution in [2.45, 2.75) is 24.9 Å². The third kappa shape index (κ3) is 3.51. The van der Waals surface area contributed by atoms with Gasteiger partial charge >= 0.3 is 6.09 Å². The van der Waals surface area contributed by atoms with Crippen LogP contribution in [-0.4, -0.2) is 68.4 Å². The van der Waals surface area contributed by atoms with Gasteiger partial charge in [-0.15, -0.1) is 0 Å². The van der Waals surface area contributed by atoms with Gasteiger partial charge in [-0.3, -0.25) is 4.90 Å². The molecule has 8 nitrogen and oxygen atoms in total. The topological polar surface area (TPSA) is 84.4 Å². The van der Waals surface area contributed by atoms with Gasteiger partial charge in [-0.25, -0.2) is 13.2 Å². The van der Waals surface area contributed by atoms with E-state index in [-0.39, 0.29) is 12.1 Å². The molecule has 2 bridgehead atoms. The Balaban J connectivity index is 1.37. The lowest BCUT2D eigenvalue weighted by Gasteiger charge is -2.41. The van der Waals surface area contributed by atoms with Crippen LogP contribution in [0.4, 0.5) is 27.5 Å². The average molecular weight is 443 g/mol. The van der Waals surface area contributed by atoms with Crippen LogP contribution in [0.25, 0.3) is 0 Å². The predicted molar refractivity (Wildman–Crippen MR) is 121 cm³/mol. The number of hydrogen-bond donors (Lipinski definition) is 1. The first-order valence-corrected chi connectivity index (χ1v) is 12.4. The van der Waals surface area contributed by atoms with Crippen LogP contribution < -0.4 is 14.7 Å². The SMILES string of the molecule is CS(=O)(=O)N1[C@H]2CC[C@H]1CN(c1ccc(N3CCN(C(=O)O)c4ccccc43)cc1)C2. The molecule has 0 saturated carbocycles. The van der Waals surface area contributed by atoms with Gasteiger partial charge in [-0.05, 0) is 49.2 Å². The van der Waals surface area contributed by atoms with Crippen molar-refractivity contribution in [3.8, 4) is 0 Å². The number of nitrogens with zero attached hydrogens (tertiary/aromatic N) is 4. The number of anilines is 4. The Morgan fingerprint density at radius 1 is 0.903 bits per heavy atom. The molecule has 0 aliphatic carbocycles. The van der Waals surface area contributed by atoms with Crippen LogP contribution in [0.5, 0.6) is 0 Å². The van der Waals surface area contributed by atoms with E-state index in [9.17, 15) is 18.3 Å². The first-order valence-electron chi connectivity index (χ1n) is 10.5. The fraction of sp³-hybridized carbons (Fsp3) is 0.409. The highest BCUT2D eigenvalue weighted by Gasteiger charge is 2.44. The Bertz CT molecular complexity index is 1090. The summed E-state index contributed by atoms with van der Waals surface area (Å²) in [5, 5.41) is 9.50. The molecule has 5 rings (SSSR count). The minimum absolute atomic E-state index is 0.0457. The Hall–Kier alpha value is -2.78. The molecule has 2 saturated heterocycles. The molecule has 0 spiro atoms. The highest BCUT2D eigenvalue weighted by atomic mass is 32.2. The lowest BCUT2D eigenvalue weighted by atomic mass is 10.1. The van der Waals surface area contributed by atoms with Crippen LogP contribution in [0.15, 0.2) is 48.5 Å². The molecule has 0 unspecified atom stereocenters. The standard InChI is InChI=1S/C22H26N4O4S/c1-31(29,30)26-18-10-11-19(26)15-23(14-18)16-6-8-17(9-7-16)24-12-13-25(22(27)28)21-5-3-2-4-20(21)24/h2-9,18-19H,10-15H2,1H3,(H,27,28)/t18-,19-/m0/s1. The number of sulfonamides is 1. The van der Waals surface area contributed by atoms with E-state index in [2.05, 4.69) is 34.1 Å². The molecule has 2 atom stereocenters. The molecular formula is C22H26N4O4S. The third-order valence-corrected chi connectivity index (χ3v) is 7.93. The maximum atomic E-state index is 12.1. The molecule has 1 amide bonds. The van der Waals surface area contributed by atoms with Crippen molar-refractivity contribution < 1.29 is 18.3 Å². The zero-order valence-corrected chi connectivity index (χ0v) is 18.2. The molecule has 2 aromatic rings. The Labute approximate surface area is 182 Å². The second-order valence-corrected chi connectivity index (χ2v) is 10.4. The molecule has 3 aliphatic heterocycles. The second-order valence-electron chi connectivity index (χ2n) is 8.47. The number of carboxylic acid groups (broad SMARTS) is 1. The first kappa shape index (κ1) is 20.1. The van der Waals surface area contributed by atoms with E-state index < -0.39 is 16.1 Å². The molecule has 164 valence electrons. The van der Waals surface area contributed by atoms with E-state index in [0.717, 1.165) is 29.9 Å². The summed E-state index contributed by atoms with van der Waals surface area (Å²) < 4.78 is 26.0. The minimum Gasteiger partial charge on any atom is -0.465 e. The van der Waals surface area contributed by atoms with E-state index in [1.165, 1.54) is 11.2 Å². The monoisotopic (exact) mass is 442 g/mol. The lowest BCUT2D eigenvalue weighted by Crippen LogP contribution is -2.55. The summed E-state index contributed by atoms with van der Waals surface area (Å²) in [6.45, 7) is 2.41. The molecule has 9 heteroatoms. The number of piperazine rings is 1. The van der Waals surface area contributed by atoms with Crippen LogP contribution >= 0.6 is 0 Å². The van der Waals surface area contributed by atoms with Gasteiger partial charge in [0.15, 0.2) is 0 Å². The van der Waals surface area contributed by atoms with Crippen LogP contribution in [0, 0.1) is 0 Å². The summed E-state index contributed by atoms with van der Waals surface area (Å²) in [6.07, 6.45) is 2.20. The predicted octanol–water partition coefficient (Wildman–Crippen LogP) is 2.94. The summed E-state index contributed by atoms with van der Waals surface area (Å²) in [6, 6.07) is 15.9. The molecular weight excluding hydrogens is 416 g/mol. The van der Waals surface area contributed by atoms with Crippen LogP contribution in [0.2, 0.25) is 0 Å². The molecule has 0 radical (unpaired) electrons. The number of benzene rings is 2. The van der Waals surface area contributed by atoms with Gasteiger partial charge in [0.1, 0.15) is 0 Å². The molecule has 0 aromatic heterocycles. The fourth-order valence-corrected chi connectivity index (χ4v) is 6.72. The molecule has 1 N–H and O–H groups in total. The Kier molecular flexibility index (Phi) is 4.82. The normalized spacial score (nSPS) is 23.7. The van der Waals surface area contributed by atoms with Gasteiger partial charge in [-0.2, -0.15) is 4.31 Å². The zero-order valence-electron chi connectivity index (χ0n) is 17.4. The number of para-hydroxylation sites is 2. The quantitative estimate of drug-likeness (QED) is 0.787. The van der Waals surface area contributed by atoms with Crippen LogP contribution in [0.1, 0.15) is 12.8 Å². The molecule has 3 heterocycles. The highest BCUT2D eigenvalue weighted by molar-refractivity contribution is 7.88.